The van der Waals surface area contributed by atoms with E-state index in [1.165, 1.54) is 87.5 Å². The van der Waals surface area contributed by atoms with Crippen molar-refractivity contribution in [2.45, 2.75) is 128 Å². The highest BCUT2D eigenvalue weighted by Crippen LogP contribution is 2.65. The lowest BCUT2D eigenvalue weighted by Crippen LogP contribution is -2.48. The van der Waals surface area contributed by atoms with Crippen LogP contribution in [0.3, 0.4) is 0 Å². The predicted molar refractivity (Wildman–Crippen MR) is 254 cm³/mol. The number of benzene rings is 1. The Morgan fingerprint density at radius 2 is 1.80 bits per heavy atom. The molecule has 0 spiro atoms. The fourth-order valence-electron chi connectivity index (χ4n) is 13.0. The largest absolute Gasteiger partial charge is 0.353 e. The third-order valence-corrected chi connectivity index (χ3v) is 17.8. The van der Waals surface area contributed by atoms with Gasteiger partial charge in [0.2, 0.25) is 0 Å². The van der Waals surface area contributed by atoms with Crippen LogP contribution in [-0.4, -0.2) is 34.4 Å². The van der Waals surface area contributed by atoms with Gasteiger partial charge in [-0.15, -0.1) is 11.8 Å². The molecular weight excluding hydrogens is 747 g/mol. The van der Waals surface area contributed by atoms with Gasteiger partial charge in [-0.2, -0.15) is 0 Å². The van der Waals surface area contributed by atoms with Crippen LogP contribution in [0.1, 0.15) is 116 Å². The molecule has 4 heteroatoms. The summed E-state index contributed by atoms with van der Waals surface area (Å²) in [6.07, 6.45) is 52.9. The first-order valence-corrected chi connectivity index (χ1v) is 24.7. The van der Waals surface area contributed by atoms with Gasteiger partial charge in [0.25, 0.3) is 0 Å². The minimum Gasteiger partial charge on any atom is -0.353 e. The van der Waals surface area contributed by atoms with Crippen molar-refractivity contribution in [3.63, 3.8) is 0 Å². The lowest BCUT2D eigenvalue weighted by Gasteiger charge is -2.42. The van der Waals surface area contributed by atoms with Crippen molar-refractivity contribution in [1.82, 2.24) is 15.3 Å². The number of hydrogen-bond donors (Lipinski definition) is 1. The summed E-state index contributed by atoms with van der Waals surface area (Å²) >= 11 is 2.22. The molecule has 0 saturated heterocycles. The molecule has 7 aliphatic carbocycles. The number of fused-ring (bicyclic) bond motifs is 5. The second kappa shape index (κ2) is 16.5. The fraction of sp³-hybridized carbons (Fsp3) is 0.500. The molecule has 0 radical (unpaired) electrons. The molecule has 0 amide bonds. The summed E-state index contributed by atoms with van der Waals surface area (Å²) in [6, 6.07) is 11.5. The Bertz CT molecular complexity index is 2190. The van der Waals surface area contributed by atoms with E-state index in [0.717, 1.165) is 32.4 Å². The topological polar surface area (TPSA) is 18.5 Å². The minimum atomic E-state index is -0.104. The molecule has 8 atom stereocenters. The highest BCUT2D eigenvalue weighted by molar-refractivity contribution is 8.05. The molecule has 0 fully saturated rings. The molecule has 8 unspecified atom stereocenters. The van der Waals surface area contributed by atoms with E-state index in [2.05, 4.69) is 170 Å². The van der Waals surface area contributed by atoms with Crippen LogP contribution in [0.4, 0.5) is 0 Å². The summed E-state index contributed by atoms with van der Waals surface area (Å²) in [4.78, 5) is 4.42. The number of hydrazine groups is 1. The van der Waals surface area contributed by atoms with Gasteiger partial charge in [-0.1, -0.05) is 140 Å². The van der Waals surface area contributed by atoms with Crippen LogP contribution in [0.15, 0.2) is 160 Å². The quantitative estimate of drug-likeness (QED) is 0.187. The van der Waals surface area contributed by atoms with Crippen LogP contribution in [0.2, 0.25) is 0 Å². The first-order valence-electron chi connectivity index (χ1n) is 23.8. The molecule has 1 aromatic rings. The lowest BCUT2D eigenvalue weighted by molar-refractivity contribution is 0.116. The predicted octanol–water partition coefficient (Wildman–Crippen LogP) is 13.8. The lowest BCUT2D eigenvalue weighted by atomic mass is 9.66. The number of hydrogen-bond acceptors (Lipinski definition) is 4. The van der Waals surface area contributed by atoms with Crippen LogP contribution in [0.25, 0.3) is 0 Å². The van der Waals surface area contributed by atoms with Gasteiger partial charge in [0, 0.05) is 50.8 Å². The zero-order chi connectivity index (χ0) is 40.9. The molecule has 0 aromatic heterocycles. The van der Waals surface area contributed by atoms with E-state index in [1.54, 1.807) is 32.9 Å². The van der Waals surface area contributed by atoms with Crippen molar-refractivity contribution >= 4 is 11.8 Å². The summed E-state index contributed by atoms with van der Waals surface area (Å²) in [5, 5.41) is 2.44. The first-order chi connectivity index (χ1) is 29.2. The third-order valence-electron chi connectivity index (χ3n) is 16.2. The van der Waals surface area contributed by atoms with Gasteiger partial charge < -0.3 is 10.3 Å². The van der Waals surface area contributed by atoms with E-state index in [4.69, 9.17) is 0 Å². The Labute approximate surface area is 366 Å². The van der Waals surface area contributed by atoms with E-state index in [-0.39, 0.29) is 15.6 Å². The Morgan fingerprint density at radius 3 is 2.63 bits per heavy atom. The Morgan fingerprint density at radius 1 is 0.917 bits per heavy atom. The van der Waals surface area contributed by atoms with E-state index in [1.807, 2.05) is 0 Å². The molecule has 2 heterocycles. The zero-order valence-electron chi connectivity index (χ0n) is 37.0. The number of allylic oxidation sites excluding steroid dienone is 18. The maximum Gasteiger partial charge on any atom is 0.0884 e. The number of nitrogens with one attached hydrogen (secondary N) is 1. The summed E-state index contributed by atoms with van der Waals surface area (Å²) in [5.41, 5.74) is 16.7. The second-order valence-electron chi connectivity index (χ2n) is 20.4. The van der Waals surface area contributed by atoms with Gasteiger partial charge in [0.1, 0.15) is 0 Å². The highest BCUT2D eigenvalue weighted by Gasteiger charge is 2.56. The van der Waals surface area contributed by atoms with Gasteiger partial charge in [0.05, 0.1) is 12.7 Å². The van der Waals surface area contributed by atoms with E-state index in [9.17, 15) is 0 Å². The van der Waals surface area contributed by atoms with Crippen molar-refractivity contribution < 1.29 is 0 Å². The van der Waals surface area contributed by atoms with Crippen molar-refractivity contribution in [3.05, 3.63) is 165 Å². The number of nitrogens with zero attached hydrogens (tertiary/aromatic N) is 2. The maximum atomic E-state index is 4.14. The zero-order valence-corrected chi connectivity index (χ0v) is 37.8. The maximum absolute atomic E-state index is 4.14. The average Bonchev–Trinajstić information content (AvgIpc) is 3.77. The summed E-state index contributed by atoms with van der Waals surface area (Å²) < 4.78 is 0.190. The van der Waals surface area contributed by atoms with Crippen molar-refractivity contribution in [2.24, 2.45) is 34.5 Å². The van der Waals surface area contributed by atoms with Crippen molar-refractivity contribution in [1.29, 1.82) is 0 Å². The van der Waals surface area contributed by atoms with E-state index < -0.39 is 0 Å². The van der Waals surface area contributed by atoms with Gasteiger partial charge in [-0.05, 0) is 137 Å². The molecular formula is C56H69N3S. The van der Waals surface area contributed by atoms with Crippen LogP contribution < -0.4 is 5.43 Å². The number of thioether (sulfide) groups is 1. The van der Waals surface area contributed by atoms with E-state index >= 15 is 0 Å². The molecule has 60 heavy (non-hydrogen) atoms. The number of rotatable bonds is 10. The molecule has 1 N–H and O–H groups in total. The van der Waals surface area contributed by atoms with Gasteiger partial charge in [-0.25, -0.2) is 5.01 Å². The summed E-state index contributed by atoms with van der Waals surface area (Å²) in [6.45, 7) is 8.50. The van der Waals surface area contributed by atoms with Crippen LogP contribution in [-0.2, 0) is 6.42 Å². The highest BCUT2D eigenvalue weighted by atomic mass is 32.2. The van der Waals surface area contributed by atoms with Crippen LogP contribution in [0, 0.1) is 34.5 Å². The molecule has 9 aliphatic rings. The fourth-order valence-corrected chi connectivity index (χ4v) is 14.8. The monoisotopic (exact) mass is 816 g/mol. The Balaban J connectivity index is 0.962. The van der Waals surface area contributed by atoms with Crippen molar-refractivity contribution in [2.75, 3.05) is 13.7 Å². The standard InChI is InChI=1S/C56H69N3S/c1-54(32-16-7-17-33-54)45-36-43(41-21-10-6-11-22-41)35-44(37-45)42-23-18-34-55(2,38-42)52(31-28-40-19-8-5-9-20-40)57-58(4)39-59-49-26-14-12-25-47(49)53-50(59)30-29-48-46-24-13-15-27-51(46)60-56(48,53)3/h5,7-10,14-17,19-21,26-27,31-32,35,37-38,41,43,47-49,57H,6,11-13,18,22-25,28-30,33-34,36,39H2,1-4H3/b52-31-. The van der Waals surface area contributed by atoms with Crippen LogP contribution >= 0.6 is 11.8 Å². The molecule has 1 aromatic carbocycles. The molecule has 10 rings (SSSR count). The first kappa shape index (κ1) is 40.3. The molecule has 314 valence electrons. The van der Waals surface area contributed by atoms with Crippen LogP contribution in [0.5, 0.6) is 0 Å². The molecule has 0 bridgehead atoms. The Hall–Kier alpha value is -3.73. The SMILES string of the molecule is CN(CN1C2=C(C3CCC=CC31)C1(C)SC3=C(CCC=C3)C1CC2)N/C(=C\Cc1ccccc1)C1(C)C=C(C2=CC(C3C=CCCC3)CC(C3(C)C=CC=CC3)=C2)CCC1. The van der Waals surface area contributed by atoms with Gasteiger partial charge >= 0.3 is 0 Å². The normalized spacial score (nSPS) is 35.9. The van der Waals surface area contributed by atoms with E-state index in [0.29, 0.717) is 29.7 Å². The summed E-state index contributed by atoms with van der Waals surface area (Å²) in [5.74, 6) is 2.52. The third kappa shape index (κ3) is 7.50. The smallest absolute Gasteiger partial charge is 0.0884 e. The van der Waals surface area contributed by atoms with Gasteiger partial charge in [-0.3, -0.25) is 0 Å². The minimum absolute atomic E-state index is 0.0892. The Kier molecular flexibility index (Phi) is 11.1. The molecule has 2 aliphatic heterocycles. The molecule has 3 nitrogen and oxygen atoms in total. The second-order valence-corrected chi connectivity index (χ2v) is 21.8. The van der Waals surface area contributed by atoms with Crippen molar-refractivity contribution in [3.8, 4) is 0 Å². The summed E-state index contributed by atoms with van der Waals surface area (Å²) in [7, 11) is 2.31. The van der Waals surface area contributed by atoms with Gasteiger partial charge in [0.15, 0.2) is 0 Å². The molecule has 0 saturated carbocycles. The average molecular weight is 816 g/mol.